The Morgan fingerprint density at radius 1 is 1.06 bits per heavy atom. The Kier molecular flexibility index (Phi) is 7.43. The van der Waals surface area contributed by atoms with Crippen molar-refractivity contribution < 1.29 is 9.59 Å². The molecule has 0 radical (unpaired) electrons. The Balaban J connectivity index is 1.58. The average molecular weight is 467 g/mol. The van der Waals surface area contributed by atoms with Gasteiger partial charge in [-0.1, -0.05) is 43.7 Å². The summed E-state index contributed by atoms with van der Waals surface area (Å²) in [5.41, 5.74) is 3.59. The third kappa shape index (κ3) is 4.97. The maximum Gasteiger partial charge on any atom is 0.242 e. The van der Waals surface area contributed by atoms with Gasteiger partial charge in [0, 0.05) is 22.8 Å². The topological polar surface area (TPSA) is 40.6 Å². The number of rotatable bonds is 8. The van der Waals surface area contributed by atoms with Crippen LogP contribution in [0.15, 0.2) is 53.2 Å². The molecule has 3 heterocycles. The molecule has 4 rings (SSSR count). The van der Waals surface area contributed by atoms with Crippen LogP contribution >= 0.6 is 22.7 Å². The van der Waals surface area contributed by atoms with Crippen molar-refractivity contribution in [3.05, 3.63) is 79.7 Å². The van der Waals surface area contributed by atoms with Gasteiger partial charge in [0.1, 0.15) is 0 Å². The van der Waals surface area contributed by atoms with Crippen LogP contribution < -0.4 is 0 Å². The van der Waals surface area contributed by atoms with Crippen molar-refractivity contribution in [3.63, 3.8) is 0 Å². The zero-order valence-corrected chi connectivity index (χ0v) is 20.4. The molecule has 3 aromatic rings. The molecule has 168 valence electrons. The van der Waals surface area contributed by atoms with E-state index in [4.69, 9.17) is 0 Å². The highest BCUT2D eigenvalue weighted by molar-refractivity contribution is 7.10. The Hall–Kier alpha value is -2.44. The van der Waals surface area contributed by atoms with Crippen LogP contribution in [0.2, 0.25) is 0 Å². The predicted molar refractivity (Wildman–Crippen MR) is 132 cm³/mol. The fourth-order valence-electron chi connectivity index (χ4n) is 4.38. The van der Waals surface area contributed by atoms with Crippen molar-refractivity contribution in [1.82, 2.24) is 9.80 Å². The molecule has 0 fully saturated rings. The highest BCUT2D eigenvalue weighted by Gasteiger charge is 2.34. The number of unbranched alkanes of at least 4 members (excludes halogenated alkanes) is 1. The summed E-state index contributed by atoms with van der Waals surface area (Å²) in [6.45, 7) is 5.68. The summed E-state index contributed by atoms with van der Waals surface area (Å²) in [5, 5.41) is 4.12. The number of amides is 2. The first-order valence-electron chi connectivity index (χ1n) is 11.3. The molecule has 0 bridgehead atoms. The summed E-state index contributed by atoms with van der Waals surface area (Å²) < 4.78 is 0. The molecule has 0 spiro atoms. The van der Waals surface area contributed by atoms with Crippen molar-refractivity contribution in [3.8, 4) is 0 Å². The van der Waals surface area contributed by atoms with Crippen molar-refractivity contribution in [2.45, 2.75) is 45.6 Å². The summed E-state index contributed by atoms with van der Waals surface area (Å²) in [6.07, 6.45) is 3.13. The number of nitrogens with zero attached hydrogens (tertiary/aromatic N) is 2. The van der Waals surface area contributed by atoms with Crippen LogP contribution in [-0.4, -0.2) is 41.2 Å². The van der Waals surface area contributed by atoms with Crippen LogP contribution in [-0.2, 0) is 22.4 Å². The highest BCUT2D eigenvalue weighted by atomic mass is 32.1. The van der Waals surface area contributed by atoms with Crippen LogP contribution in [0.1, 0.15) is 52.3 Å². The van der Waals surface area contributed by atoms with Crippen LogP contribution in [0.4, 0.5) is 0 Å². The van der Waals surface area contributed by atoms with Gasteiger partial charge in [-0.3, -0.25) is 9.59 Å². The maximum absolute atomic E-state index is 13.6. The lowest BCUT2D eigenvalue weighted by Gasteiger charge is -2.38. The van der Waals surface area contributed by atoms with Gasteiger partial charge in [0.2, 0.25) is 11.8 Å². The number of hydrogen-bond acceptors (Lipinski definition) is 4. The van der Waals surface area contributed by atoms with E-state index in [1.807, 2.05) is 34.5 Å². The molecule has 1 atom stereocenters. The first kappa shape index (κ1) is 22.7. The molecule has 1 aliphatic rings. The van der Waals surface area contributed by atoms with E-state index in [2.05, 4.69) is 37.4 Å². The molecule has 0 saturated heterocycles. The van der Waals surface area contributed by atoms with E-state index in [1.54, 1.807) is 27.6 Å². The quantitative estimate of drug-likeness (QED) is 0.442. The lowest BCUT2D eigenvalue weighted by molar-refractivity contribution is -0.141. The number of carbonyl (C=O) groups is 2. The second-order valence-corrected chi connectivity index (χ2v) is 10.4. The Labute approximate surface area is 198 Å². The molecule has 0 N–H and O–H groups in total. The van der Waals surface area contributed by atoms with E-state index in [1.165, 1.54) is 21.6 Å². The first-order chi connectivity index (χ1) is 15.6. The van der Waals surface area contributed by atoms with Crippen LogP contribution in [0, 0.1) is 6.92 Å². The van der Waals surface area contributed by atoms with Gasteiger partial charge in [-0.15, -0.1) is 22.7 Å². The van der Waals surface area contributed by atoms with E-state index in [-0.39, 0.29) is 24.4 Å². The molecular formula is C26H30N2O2S2. The van der Waals surface area contributed by atoms with Gasteiger partial charge in [-0.25, -0.2) is 0 Å². The second kappa shape index (κ2) is 10.5. The van der Waals surface area contributed by atoms with E-state index < -0.39 is 0 Å². The number of fused-ring (bicyclic) bond motifs is 1. The Bertz CT molecular complexity index is 1060. The summed E-state index contributed by atoms with van der Waals surface area (Å²) in [5.74, 6) is 0.0701. The molecule has 6 heteroatoms. The lowest BCUT2D eigenvalue weighted by Crippen LogP contribution is -2.47. The fourth-order valence-corrected chi connectivity index (χ4v) is 5.98. The third-order valence-electron chi connectivity index (χ3n) is 6.14. The minimum Gasteiger partial charge on any atom is -0.333 e. The Morgan fingerprint density at radius 3 is 2.66 bits per heavy atom. The van der Waals surface area contributed by atoms with E-state index in [0.29, 0.717) is 19.5 Å². The molecule has 0 aliphatic carbocycles. The van der Waals surface area contributed by atoms with Gasteiger partial charge >= 0.3 is 0 Å². The molecule has 0 saturated carbocycles. The summed E-state index contributed by atoms with van der Waals surface area (Å²) in [4.78, 5) is 32.9. The number of aryl methyl sites for hydroxylation is 1. The smallest absolute Gasteiger partial charge is 0.242 e. The fraction of sp³-hybridized carbons (Fsp3) is 0.385. The highest BCUT2D eigenvalue weighted by Crippen LogP contribution is 2.39. The molecule has 2 amide bonds. The van der Waals surface area contributed by atoms with Gasteiger partial charge < -0.3 is 9.80 Å². The van der Waals surface area contributed by atoms with Gasteiger partial charge in [0.15, 0.2) is 0 Å². The largest absolute Gasteiger partial charge is 0.333 e. The molecule has 2 aromatic heterocycles. The van der Waals surface area contributed by atoms with Crippen LogP contribution in [0.25, 0.3) is 0 Å². The van der Waals surface area contributed by atoms with Gasteiger partial charge in [0.05, 0.1) is 19.0 Å². The maximum atomic E-state index is 13.6. The SMILES string of the molecule is CCCCN(CC(=O)N1CCc2sccc2C1c1ccccc1C)C(=O)Cc1cccs1. The van der Waals surface area contributed by atoms with Crippen molar-refractivity contribution in [1.29, 1.82) is 0 Å². The molecule has 32 heavy (non-hydrogen) atoms. The number of benzene rings is 1. The predicted octanol–water partition coefficient (Wildman–Crippen LogP) is 5.46. The first-order valence-corrected chi connectivity index (χ1v) is 13.1. The molecule has 1 aliphatic heterocycles. The second-order valence-electron chi connectivity index (χ2n) is 8.32. The minimum absolute atomic E-state index is 0.0331. The standard InChI is InChI=1S/C26H30N2O2S2/c1-3-4-13-27(24(29)17-20-9-7-15-31-20)18-25(30)28-14-11-23-22(12-16-32-23)26(28)21-10-6-5-8-19(21)2/h5-10,12,15-16,26H,3-4,11,13-14,17-18H2,1-2H3. The van der Waals surface area contributed by atoms with E-state index in [9.17, 15) is 9.59 Å². The van der Waals surface area contributed by atoms with Gasteiger partial charge in [-0.2, -0.15) is 0 Å². The van der Waals surface area contributed by atoms with Crippen LogP contribution in [0.5, 0.6) is 0 Å². The van der Waals surface area contributed by atoms with E-state index in [0.717, 1.165) is 24.1 Å². The number of carbonyl (C=O) groups excluding carboxylic acids is 2. The van der Waals surface area contributed by atoms with E-state index >= 15 is 0 Å². The zero-order valence-electron chi connectivity index (χ0n) is 18.8. The average Bonchev–Trinajstić information content (AvgIpc) is 3.48. The number of hydrogen-bond donors (Lipinski definition) is 0. The minimum atomic E-state index is -0.0841. The third-order valence-corrected chi connectivity index (χ3v) is 8.01. The normalized spacial score (nSPS) is 15.4. The summed E-state index contributed by atoms with van der Waals surface area (Å²) in [6, 6.07) is 14.3. The molecule has 1 unspecified atom stereocenters. The van der Waals surface area contributed by atoms with Gasteiger partial charge in [0.25, 0.3) is 0 Å². The Morgan fingerprint density at radius 2 is 1.91 bits per heavy atom. The number of thiophene rings is 2. The molecule has 4 nitrogen and oxygen atoms in total. The van der Waals surface area contributed by atoms with Crippen LogP contribution in [0.3, 0.4) is 0 Å². The summed E-state index contributed by atoms with van der Waals surface area (Å²) >= 11 is 3.36. The lowest BCUT2D eigenvalue weighted by atomic mass is 9.90. The van der Waals surface area contributed by atoms with Crippen molar-refractivity contribution in [2.75, 3.05) is 19.6 Å². The zero-order chi connectivity index (χ0) is 22.5. The molecule has 1 aromatic carbocycles. The van der Waals surface area contributed by atoms with Crippen molar-refractivity contribution >= 4 is 34.5 Å². The summed E-state index contributed by atoms with van der Waals surface area (Å²) in [7, 11) is 0. The van der Waals surface area contributed by atoms with Crippen molar-refractivity contribution in [2.24, 2.45) is 0 Å². The van der Waals surface area contributed by atoms with Gasteiger partial charge in [-0.05, 0) is 59.3 Å². The monoisotopic (exact) mass is 466 g/mol. The molecular weight excluding hydrogens is 436 g/mol.